The summed E-state index contributed by atoms with van der Waals surface area (Å²) in [7, 11) is 0. The Morgan fingerprint density at radius 1 is 0.897 bits per heavy atom. The molecule has 2 N–H and O–H groups in total. The third-order valence-electron chi connectivity index (χ3n) is 7.30. The highest BCUT2D eigenvalue weighted by Gasteiger charge is 2.18. The van der Waals surface area contributed by atoms with Crippen LogP contribution in [0.2, 0.25) is 0 Å². The molecule has 7 rings (SSSR count). The summed E-state index contributed by atoms with van der Waals surface area (Å²) in [5.41, 5.74) is 6.72. The van der Waals surface area contributed by atoms with E-state index in [9.17, 15) is 4.39 Å². The number of imidazole rings is 1. The molecule has 1 aliphatic rings. The fourth-order valence-corrected chi connectivity index (χ4v) is 5.40. The average Bonchev–Trinajstić information content (AvgIpc) is 3.72. The standard InChI is InChI=1S/C29H26FN9/c30-21-13-18(4-3-11-39-9-1-2-10-39)12-19(14-21)22-5-6-33-28-25(22)35-29(36-28)26-23-15-20(16-34-27(23)38-37-26)24-17-31-7-8-32-24/h5-8,12-17H,1-4,9-11H2,(H,33,35,36)(H,34,37,38). The van der Waals surface area contributed by atoms with Gasteiger partial charge in [-0.3, -0.25) is 15.1 Å². The molecule has 1 aromatic carbocycles. The van der Waals surface area contributed by atoms with E-state index in [1.165, 1.54) is 25.9 Å². The Kier molecular flexibility index (Phi) is 6.01. The predicted molar refractivity (Wildman–Crippen MR) is 147 cm³/mol. The number of hydrogen-bond donors (Lipinski definition) is 2. The lowest BCUT2D eigenvalue weighted by Gasteiger charge is -2.14. The summed E-state index contributed by atoms with van der Waals surface area (Å²) in [5.74, 6) is 0.336. The molecule has 194 valence electrons. The van der Waals surface area contributed by atoms with E-state index in [-0.39, 0.29) is 5.82 Å². The number of aromatic amines is 2. The minimum atomic E-state index is -0.240. The monoisotopic (exact) mass is 519 g/mol. The molecule has 0 atom stereocenters. The number of rotatable bonds is 7. The van der Waals surface area contributed by atoms with Crippen molar-refractivity contribution in [2.24, 2.45) is 0 Å². The summed E-state index contributed by atoms with van der Waals surface area (Å²) >= 11 is 0. The van der Waals surface area contributed by atoms with E-state index in [1.54, 1.807) is 43.1 Å². The number of benzene rings is 1. The van der Waals surface area contributed by atoms with E-state index in [4.69, 9.17) is 4.98 Å². The van der Waals surface area contributed by atoms with Gasteiger partial charge >= 0.3 is 0 Å². The van der Waals surface area contributed by atoms with E-state index in [1.807, 2.05) is 12.1 Å². The second-order valence-corrected chi connectivity index (χ2v) is 9.93. The number of pyridine rings is 2. The zero-order chi connectivity index (χ0) is 26.2. The first kappa shape index (κ1) is 23.5. The molecule has 1 fully saturated rings. The highest BCUT2D eigenvalue weighted by atomic mass is 19.1. The molecule has 1 aliphatic heterocycles. The zero-order valence-electron chi connectivity index (χ0n) is 21.2. The summed E-state index contributed by atoms with van der Waals surface area (Å²) in [6.07, 6.45) is 12.8. The van der Waals surface area contributed by atoms with Crippen LogP contribution in [0.5, 0.6) is 0 Å². The Morgan fingerprint density at radius 2 is 1.82 bits per heavy atom. The van der Waals surface area contributed by atoms with E-state index >= 15 is 0 Å². The minimum Gasteiger partial charge on any atom is -0.335 e. The first-order valence-corrected chi connectivity index (χ1v) is 13.2. The van der Waals surface area contributed by atoms with Crippen molar-refractivity contribution in [3.63, 3.8) is 0 Å². The number of hydrogen-bond acceptors (Lipinski definition) is 7. The van der Waals surface area contributed by atoms with Crippen molar-refractivity contribution in [3.8, 4) is 33.9 Å². The van der Waals surface area contributed by atoms with Crippen LogP contribution in [-0.4, -0.2) is 64.6 Å². The fourth-order valence-electron chi connectivity index (χ4n) is 5.40. The number of H-pyrrole nitrogens is 2. The van der Waals surface area contributed by atoms with Crippen LogP contribution >= 0.6 is 0 Å². The molecule has 0 saturated carbocycles. The molecule has 0 aliphatic carbocycles. The Hall–Kier alpha value is -4.57. The topological polar surface area (TPSA) is 112 Å². The van der Waals surface area contributed by atoms with Crippen LogP contribution in [0.4, 0.5) is 4.39 Å². The lowest BCUT2D eigenvalue weighted by Crippen LogP contribution is -2.20. The Morgan fingerprint density at radius 3 is 2.69 bits per heavy atom. The van der Waals surface area contributed by atoms with Crippen molar-refractivity contribution in [2.75, 3.05) is 19.6 Å². The van der Waals surface area contributed by atoms with Gasteiger partial charge in [0.15, 0.2) is 17.1 Å². The molecule has 0 unspecified atom stereocenters. The quantitative estimate of drug-likeness (QED) is 0.299. The van der Waals surface area contributed by atoms with Gasteiger partial charge < -0.3 is 9.88 Å². The SMILES string of the molecule is Fc1cc(CCCN2CCCC2)cc(-c2ccnc3nc(-c4[nH]nc5ncc(-c6cnccn6)cc45)[nH]c23)c1. The second kappa shape index (κ2) is 9.95. The van der Waals surface area contributed by atoms with Crippen molar-refractivity contribution < 1.29 is 4.39 Å². The van der Waals surface area contributed by atoms with E-state index < -0.39 is 0 Å². The highest BCUT2D eigenvalue weighted by Crippen LogP contribution is 2.32. The Bertz CT molecular complexity index is 1770. The average molecular weight is 520 g/mol. The molecule has 0 amide bonds. The largest absolute Gasteiger partial charge is 0.335 e. The summed E-state index contributed by atoms with van der Waals surface area (Å²) in [6.45, 7) is 3.41. The van der Waals surface area contributed by atoms with Gasteiger partial charge in [0.25, 0.3) is 0 Å². The number of aryl methyl sites for hydroxylation is 1. The number of nitrogens with zero attached hydrogens (tertiary/aromatic N) is 7. The lowest BCUT2D eigenvalue weighted by atomic mass is 10.0. The van der Waals surface area contributed by atoms with Crippen LogP contribution in [0.25, 0.3) is 56.1 Å². The summed E-state index contributed by atoms with van der Waals surface area (Å²) < 4.78 is 14.7. The molecular weight excluding hydrogens is 493 g/mol. The number of likely N-dealkylation sites (tertiary alicyclic amines) is 1. The van der Waals surface area contributed by atoms with Gasteiger partial charge in [-0.25, -0.2) is 19.3 Å². The maximum absolute atomic E-state index is 14.7. The van der Waals surface area contributed by atoms with Crippen molar-refractivity contribution in [1.82, 2.24) is 45.0 Å². The molecule has 10 heteroatoms. The molecular formula is C29H26FN9. The normalized spacial score (nSPS) is 14.1. The Labute approximate surface area is 223 Å². The van der Waals surface area contributed by atoms with Gasteiger partial charge in [-0.2, -0.15) is 5.10 Å². The minimum absolute atomic E-state index is 0.240. The first-order valence-electron chi connectivity index (χ1n) is 13.2. The van der Waals surface area contributed by atoms with Crippen LogP contribution < -0.4 is 0 Å². The summed E-state index contributed by atoms with van der Waals surface area (Å²) in [4.78, 5) is 28.1. The van der Waals surface area contributed by atoms with Crippen LogP contribution in [0, 0.1) is 5.82 Å². The first-order chi connectivity index (χ1) is 19.2. The molecule has 0 radical (unpaired) electrons. The number of halogens is 1. The van der Waals surface area contributed by atoms with Gasteiger partial charge in [0, 0.05) is 35.9 Å². The molecule has 6 aromatic rings. The van der Waals surface area contributed by atoms with Crippen LogP contribution in [0.1, 0.15) is 24.8 Å². The van der Waals surface area contributed by atoms with E-state index in [2.05, 4.69) is 46.1 Å². The fraction of sp³-hybridized carbons (Fsp3) is 0.241. The molecule has 6 heterocycles. The maximum atomic E-state index is 14.7. The van der Waals surface area contributed by atoms with Crippen LogP contribution in [-0.2, 0) is 6.42 Å². The Balaban J connectivity index is 1.23. The van der Waals surface area contributed by atoms with Crippen molar-refractivity contribution in [1.29, 1.82) is 0 Å². The van der Waals surface area contributed by atoms with Crippen LogP contribution in [0.3, 0.4) is 0 Å². The van der Waals surface area contributed by atoms with Gasteiger partial charge in [0.05, 0.1) is 22.8 Å². The number of fused-ring (bicyclic) bond motifs is 2. The van der Waals surface area contributed by atoms with E-state index in [0.29, 0.717) is 22.8 Å². The van der Waals surface area contributed by atoms with Crippen LogP contribution in [0.15, 0.2) is 61.3 Å². The third-order valence-corrected chi connectivity index (χ3v) is 7.30. The molecule has 0 bridgehead atoms. The predicted octanol–water partition coefficient (Wildman–Crippen LogP) is 5.19. The molecule has 0 spiro atoms. The summed E-state index contributed by atoms with van der Waals surface area (Å²) in [6, 6.07) is 9.15. The van der Waals surface area contributed by atoms with Gasteiger partial charge in [0.2, 0.25) is 0 Å². The molecule has 9 nitrogen and oxygen atoms in total. The highest BCUT2D eigenvalue weighted by molar-refractivity contribution is 5.96. The molecule has 1 saturated heterocycles. The van der Waals surface area contributed by atoms with Crippen molar-refractivity contribution in [3.05, 3.63) is 72.7 Å². The lowest BCUT2D eigenvalue weighted by molar-refractivity contribution is 0.334. The molecule has 5 aromatic heterocycles. The zero-order valence-corrected chi connectivity index (χ0v) is 21.2. The smallest absolute Gasteiger partial charge is 0.181 e. The van der Waals surface area contributed by atoms with Gasteiger partial charge in [-0.15, -0.1) is 0 Å². The number of nitrogens with one attached hydrogen (secondary N) is 2. The second-order valence-electron chi connectivity index (χ2n) is 9.93. The maximum Gasteiger partial charge on any atom is 0.181 e. The van der Waals surface area contributed by atoms with E-state index in [0.717, 1.165) is 58.2 Å². The summed E-state index contributed by atoms with van der Waals surface area (Å²) in [5, 5.41) is 8.21. The van der Waals surface area contributed by atoms with Crippen molar-refractivity contribution >= 4 is 22.2 Å². The number of aromatic nitrogens is 8. The molecule has 39 heavy (non-hydrogen) atoms. The van der Waals surface area contributed by atoms with Crippen molar-refractivity contribution in [2.45, 2.75) is 25.7 Å². The van der Waals surface area contributed by atoms with Gasteiger partial charge in [-0.05, 0) is 80.7 Å². The van der Waals surface area contributed by atoms with Gasteiger partial charge in [0.1, 0.15) is 11.5 Å². The van der Waals surface area contributed by atoms with Gasteiger partial charge in [-0.1, -0.05) is 6.07 Å². The third kappa shape index (κ3) is 4.63.